The van der Waals surface area contributed by atoms with Gasteiger partial charge in [0.2, 0.25) is 11.9 Å². The number of benzene rings is 1. The Kier molecular flexibility index (Phi) is 5.87. The first kappa shape index (κ1) is 21.3. The minimum absolute atomic E-state index is 0.0414. The normalized spacial score (nSPS) is 14.1. The summed E-state index contributed by atoms with van der Waals surface area (Å²) in [6.07, 6.45) is 5.26. The summed E-state index contributed by atoms with van der Waals surface area (Å²) in [5, 5.41) is 2.60. The third kappa shape index (κ3) is 4.36. The lowest BCUT2D eigenvalue weighted by molar-refractivity contribution is -0.131. The summed E-state index contributed by atoms with van der Waals surface area (Å²) in [6.45, 7) is 4.97. The molecule has 1 aliphatic heterocycles. The van der Waals surface area contributed by atoms with E-state index >= 15 is 0 Å². The molecule has 1 amide bonds. The van der Waals surface area contributed by atoms with Crippen LogP contribution >= 0.6 is 11.3 Å². The summed E-state index contributed by atoms with van der Waals surface area (Å²) in [7, 11) is 0. The predicted molar refractivity (Wildman–Crippen MR) is 129 cm³/mol. The quantitative estimate of drug-likeness (QED) is 0.455. The summed E-state index contributed by atoms with van der Waals surface area (Å²) in [4.78, 5) is 43.7. The van der Waals surface area contributed by atoms with Crippen LogP contribution in [-0.2, 0) is 11.3 Å². The largest absolute Gasteiger partial charge is 0.339 e. The fourth-order valence-corrected chi connectivity index (χ4v) is 4.96. The Labute approximate surface area is 195 Å². The van der Waals surface area contributed by atoms with Crippen molar-refractivity contribution in [2.45, 2.75) is 19.9 Å². The molecule has 4 heterocycles. The van der Waals surface area contributed by atoms with Crippen molar-refractivity contribution in [1.82, 2.24) is 24.4 Å². The number of nitrogens with zero attached hydrogens (tertiary/aromatic N) is 6. The number of aryl methyl sites for hydroxylation is 2. The number of hydrogen-bond acceptors (Lipinski definition) is 7. The van der Waals surface area contributed by atoms with Crippen molar-refractivity contribution in [3.05, 3.63) is 70.4 Å². The van der Waals surface area contributed by atoms with Gasteiger partial charge in [-0.25, -0.2) is 15.0 Å². The summed E-state index contributed by atoms with van der Waals surface area (Å²) in [5.74, 6) is 0.732. The Balaban J connectivity index is 1.27. The lowest BCUT2D eigenvalue weighted by Gasteiger charge is -2.34. The minimum Gasteiger partial charge on any atom is -0.339 e. The molecule has 4 aromatic rings. The first-order valence-electron chi connectivity index (χ1n) is 10.9. The number of anilines is 1. The van der Waals surface area contributed by atoms with E-state index in [4.69, 9.17) is 0 Å². The molecule has 1 aromatic carbocycles. The molecule has 0 unspecified atom stereocenters. The van der Waals surface area contributed by atoms with Crippen molar-refractivity contribution in [1.29, 1.82) is 0 Å². The Morgan fingerprint density at radius 1 is 1.03 bits per heavy atom. The van der Waals surface area contributed by atoms with Crippen molar-refractivity contribution in [2.75, 3.05) is 31.1 Å². The van der Waals surface area contributed by atoms with E-state index in [0.29, 0.717) is 44.1 Å². The highest BCUT2D eigenvalue weighted by molar-refractivity contribution is 7.17. The predicted octanol–water partition coefficient (Wildman–Crippen LogP) is 2.96. The molecule has 1 aliphatic rings. The number of thiophene rings is 1. The first-order valence-corrected chi connectivity index (χ1v) is 11.8. The van der Waals surface area contributed by atoms with Gasteiger partial charge < -0.3 is 9.80 Å². The molecule has 9 heteroatoms. The van der Waals surface area contributed by atoms with E-state index in [1.807, 2.05) is 41.5 Å². The lowest BCUT2D eigenvalue weighted by atomic mass is 10.1. The molecule has 0 atom stereocenters. The molecule has 1 saturated heterocycles. The highest BCUT2D eigenvalue weighted by Crippen LogP contribution is 2.30. The molecule has 0 bridgehead atoms. The minimum atomic E-state index is -0.101. The van der Waals surface area contributed by atoms with Crippen LogP contribution in [0, 0.1) is 6.92 Å². The molecule has 0 N–H and O–H groups in total. The maximum atomic E-state index is 13.2. The first-order chi connectivity index (χ1) is 16.1. The zero-order valence-electron chi connectivity index (χ0n) is 18.3. The van der Waals surface area contributed by atoms with Crippen molar-refractivity contribution in [2.24, 2.45) is 0 Å². The van der Waals surface area contributed by atoms with Crippen LogP contribution in [0.4, 0.5) is 5.95 Å². The fourth-order valence-electron chi connectivity index (χ4n) is 4.06. The molecule has 0 spiro atoms. The van der Waals surface area contributed by atoms with Gasteiger partial charge in [0.1, 0.15) is 4.83 Å². The van der Waals surface area contributed by atoms with E-state index in [0.717, 1.165) is 16.0 Å². The molecule has 1 fully saturated rings. The SMILES string of the molecule is Cc1ccc(-c2csc3ncn(CCC(=O)N4CCN(c5ncccn5)CC4)c(=O)c23)cc1. The standard InChI is InChI=1S/C24H24N6O2S/c1-17-3-5-18(6-4-17)19-15-33-22-21(19)23(32)30(16-27-22)10-7-20(31)28-11-13-29(14-12-28)24-25-8-2-9-26-24/h2-6,8-9,15-16H,7,10-14H2,1H3. The van der Waals surface area contributed by atoms with Crippen LogP contribution < -0.4 is 10.5 Å². The maximum absolute atomic E-state index is 13.2. The Morgan fingerprint density at radius 3 is 2.48 bits per heavy atom. The molecule has 8 nitrogen and oxygen atoms in total. The molecule has 3 aromatic heterocycles. The van der Waals surface area contributed by atoms with E-state index < -0.39 is 0 Å². The van der Waals surface area contributed by atoms with Crippen molar-refractivity contribution < 1.29 is 4.79 Å². The Hall–Kier alpha value is -3.59. The molecular weight excluding hydrogens is 436 g/mol. The molecule has 0 saturated carbocycles. The summed E-state index contributed by atoms with van der Waals surface area (Å²) >= 11 is 1.47. The monoisotopic (exact) mass is 460 g/mol. The van der Waals surface area contributed by atoms with Gasteiger partial charge in [-0.15, -0.1) is 11.3 Å². The van der Waals surface area contributed by atoms with Crippen LogP contribution in [0.3, 0.4) is 0 Å². The number of carbonyl (C=O) groups excluding carboxylic acids is 1. The van der Waals surface area contributed by atoms with E-state index in [9.17, 15) is 9.59 Å². The average Bonchev–Trinajstić information content (AvgIpc) is 3.29. The Bertz CT molecular complexity index is 1320. The molecular formula is C24H24N6O2S. The third-order valence-electron chi connectivity index (χ3n) is 5.96. The van der Waals surface area contributed by atoms with E-state index in [2.05, 4.69) is 19.9 Å². The van der Waals surface area contributed by atoms with Gasteiger partial charge >= 0.3 is 0 Å². The number of rotatable bonds is 5. The van der Waals surface area contributed by atoms with Crippen molar-refractivity contribution >= 4 is 33.4 Å². The lowest BCUT2D eigenvalue weighted by Crippen LogP contribution is -2.49. The third-order valence-corrected chi connectivity index (χ3v) is 6.84. The fraction of sp³-hybridized carbons (Fsp3) is 0.292. The average molecular weight is 461 g/mol. The molecule has 0 aliphatic carbocycles. The molecule has 5 rings (SSSR count). The van der Waals surface area contributed by atoms with E-state index in [-0.39, 0.29) is 17.9 Å². The smallest absolute Gasteiger partial charge is 0.262 e. The molecule has 0 radical (unpaired) electrons. The van der Waals surface area contributed by atoms with Gasteiger partial charge in [-0.05, 0) is 18.6 Å². The molecule has 168 valence electrons. The van der Waals surface area contributed by atoms with Crippen molar-refractivity contribution in [3.8, 4) is 11.1 Å². The summed E-state index contributed by atoms with van der Waals surface area (Å²) < 4.78 is 1.55. The zero-order valence-corrected chi connectivity index (χ0v) is 19.2. The van der Waals surface area contributed by atoms with Gasteiger partial charge in [0.25, 0.3) is 5.56 Å². The van der Waals surface area contributed by atoms with Gasteiger partial charge in [0.15, 0.2) is 0 Å². The van der Waals surface area contributed by atoms with E-state index in [1.165, 1.54) is 16.9 Å². The van der Waals surface area contributed by atoms with Gasteiger partial charge in [-0.1, -0.05) is 29.8 Å². The second-order valence-electron chi connectivity index (χ2n) is 8.11. The maximum Gasteiger partial charge on any atom is 0.262 e. The molecule has 33 heavy (non-hydrogen) atoms. The second kappa shape index (κ2) is 9.11. The number of piperazine rings is 1. The van der Waals surface area contributed by atoms with Crippen LogP contribution in [-0.4, -0.2) is 56.5 Å². The van der Waals surface area contributed by atoms with Gasteiger partial charge in [0, 0.05) is 62.5 Å². The highest BCUT2D eigenvalue weighted by Gasteiger charge is 2.22. The van der Waals surface area contributed by atoms with Crippen LogP contribution in [0.2, 0.25) is 0 Å². The number of hydrogen-bond donors (Lipinski definition) is 0. The number of fused-ring (bicyclic) bond motifs is 1. The van der Waals surface area contributed by atoms with Crippen LogP contribution in [0.1, 0.15) is 12.0 Å². The van der Waals surface area contributed by atoms with Gasteiger partial charge in [-0.2, -0.15) is 0 Å². The Morgan fingerprint density at radius 2 is 1.76 bits per heavy atom. The highest BCUT2D eigenvalue weighted by atomic mass is 32.1. The van der Waals surface area contributed by atoms with Crippen LogP contribution in [0.5, 0.6) is 0 Å². The summed E-state index contributed by atoms with van der Waals surface area (Å²) in [6, 6.07) is 9.91. The van der Waals surface area contributed by atoms with Crippen molar-refractivity contribution in [3.63, 3.8) is 0 Å². The van der Waals surface area contributed by atoms with Gasteiger partial charge in [-0.3, -0.25) is 14.2 Å². The number of aromatic nitrogens is 4. The number of amides is 1. The number of carbonyl (C=O) groups is 1. The summed E-state index contributed by atoms with van der Waals surface area (Å²) in [5.41, 5.74) is 2.97. The van der Waals surface area contributed by atoms with Gasteiger partial charge in [0.05, 0.1) is 11.7 Å². The topological polar surface area (TPSA) is 84.2 Å². The second-order valence-corrected chi connectivity index (χ2v) is 8.96. The van der Waals surface area contributed by atoms with E-state index in [1.54, 1.807) is 29.4 Å². The van der Waals surface area contributed by atoms with Crippen LogP contribution in [0.25, 0.3) is 21.3 Å². The zero-order chi connectivity index (χ0) is 22.8. The van der Waals surface area contributed by atoms with Crippen LogP contribution in [0.15, 0.2) is 59.2 Å².